The molecule has 0 saturated carbocycles. The molecule has 0 unspecified atom stereocenters. The van der Waals surface area contributed by atoms with E-state index in [0.29, 0.717) is 12.6 Å². The summed E-state index contributed by atoms with van der Waals surface area (Å²) in [6, 6.07) is 13.0. The maximum absolute atomic E-state index is 9.29. The maximum atomic E-state index is 9.29. The number of aromatic nitrogens is 1. The molecule has 5 rings (SSSR count). The number of piperidine rings is 1. The molecule has 1 aromatic carbocycles. The lowest BCUT2D eigenvalue weighted by Crippen LogP contribution is -2.44. The Balaban J connectivity index is 1.50. The summed E-state index contributed by atoms with van der Waals surface area (Å²) in [5.41, 5.74) is 6.18. The van der Waals surface area contributed by atoms with E-state index >= 15 is 0 Å². The number of pyridine rings is 1. The molecule has 0 atom stereocenters. The summed E-state index contributed by atoms with van der Waals surface area (Å²) in [5.74, 6) is 1.82. The maximum Gasteiger partial charge on any atom is 0.142 e. The predicted octanol–water partition coefficient (Wildman–Crippen LogP) is 4.33. The van der Waals surface area contributed by atoms with Gasteiger partial charge in [-0.1, -0.05) is 17.3 Å². The number of nitrogens with one attached hydrogen (secondary N) is 1. The number of hydrogen-bond donors (Lipinski definition) is 2. The van der Waals surface area contributed by atoms with Crippen molar-refractivity contribution in [1.29, 1.82) is 0 Å². The van der Waals surface area contributed by atoms with Crippen molar-refractivity contribution in [3.05, 3.63) is 65.7 Å². The molecule has 0 bridgehead atoms. The zero-order valence-electron chi connectivity index (χ0n) is 19.7. The summed E-state index contributed by atoms with van der Waals surface area (Å²) in [6.45, 7) is 4.43. The Morgan fingerprint density at radius 2 is 1.91 bits per heavy atom. The molecule has 0 amide bonds. The number of oxime groups is 1. The molecule has 2 aliphatic rings. The Morgan fingerprint density at radius 3 is 2.68 bits per heavy atom. The largest absolute Gasteiger partial charge is 0.459 e. The van der Waals surface area contributed by atoms with E-state index in [1.54, 1.807) is 7.11 Å². The minimum atomic E-state index is 0.519. The van der Waals surface area contributed by atoms with E-state index in [0.717, 1.165) is 91.3 Å². The second kappa shape index (κ2) is 10.5. The van der Waals surface area contributed by atoms with Gasteiger partial charge in [0, 0.05) is 48.8 Å². The van der Waals surface area contributed by atoms with Crippen molar-refractivity contribution in [2.45, 2.75) is 38.3 Å². The van der Waals surface area contributed by atoms with Crippen molar-refractivity contribution < 1.29 is 14.4 Å². The minimum Gasteiger partial charge on any atom is -0.459 e. The third-order valence-corrected chi connectivity index (χ3v) is 6.97. The molecule has 1 saturated heterocycles. The smallest absolute Gasteiger partial charge is 0.142 e. The Labute approximate surface area is 200 Å². The van der Waals surface area contributed by atoms with Gasteiger partial charge >= 0.3 is 0 Å². The van der Waals surface area contributed by atoms with Gasteiger partial charge in [0.25, 0.3) is 0 Å². The highest BCUT2D eigenvalue weighted by atomic mass is 16.5. The molecule has 1 fully saturated rings. The summed E-state index contributed by atoms with van der Waals surface area (Å²) in [7, 11) is 1.76. The number of hydrogen-bond acceptors (Lipinski definition) is 7. The molecule has 3 heterocycles. The quantitative estimate of drug-likeness (QED) is 0.385. The van der Waals surface area contributed by atoms with Crippen LogP contribution in [0.25, 0.3) is 22.5 Å². The van der Waals surface area contributed by atoms with Crippen LogP contribution < -0.4 is 5.32 Å². The van der Waals surface area contributed by atoms with Gasteiger partial charge < -0.3 is 19.7 Å². The van der Waals surface area contributed by atoms with E-state index < -0.39 is 0 Å². The van der Waals surface area contributed by atoms with Crippen LogP contribution in [0.1, 0.15) is 36.1 Å². The van der Waals surface area contributed by atoms with Gasteiger partial charge in [-0.25, -0.2) is 0 Å². The second-order valence-corrected chi connectivity index (χ2v) is 9.05. The molecule has 1 aliphatic heterocycles. The molecule has 2 N–H and O–H groups in total. The van der Waals surface area contributed by atoms with E-state index in [9.17, 15) is 5.21 Å². The SMILES string of the molecule is COCCN(Cc1cc(-c2ccncc2)c(-c2ccc3c(c2)CC/C3=N\O)o1)C1CCNCC1. The topological polar surface area (TPSA) is 83.1 Å². The van der Waals surface area contributed by atoms with Crippen LogP contribution in [-0.4, -0.2) is 60.2 Å². The van der Waals surface area contributed by atoms with Crippen LogP contribution in [0, 0.1) is 0 Å². The molecule has 0 radical (unpaired) electrons. The predicted molar refractivity (Wildman–Crippen MR) is 132 cm³/mol. The van der Waals surface area contributed by atoms with Crippen molar-refractivity contribution >= 4 is 5.71 Å². The van der Waals surface area contributed by atoms with E-state index in [4.69, 9.17) is 9.15 Å². The fourth-order valence-corrected chi connectivity index (χ4v) is 5.17. The zero-order chi connectivity index (χ0) is 23.3. The van der Waals surface area contributed by atoms with E-state index in [2.05, 4.69) is 38.6 Å². The summed E-state index contributed by atoms with van der Waals surface area (Å²) in [4.78, 5) is 6.69. The number of nitrogens with zero attached hydrogens (tertiary/aromatic N) is 3. The highest BCUT2D eigenvalue weighted by Crippen LogP contribution is 2.37. The van der Waals surface area contributed by atoms with Gasteiger partial charge in [0.05, 0.1) is 18.9 Å². The summed E-state index contributed by atoms with van der Waals surface area (Å²) in [6.07, 6.45) is 7.54. The minimum absolute atomic E-state index is 0.519. The molecule has 7 nitrogen and oxygen atoms in total. The fraction of sp³-hybridized carbons (Fsp3) is 0.407. The highest BCUT2D eigenvalue weighted by molar-refractivity contribution is 6.04. The normalized spacial score (nSPS) is 17.5. The lowest BCUT2D eigenvalue weighted by molar-refractivity contribution is 0.0941. The van der Waals surface area contributed by atoms with Crippen LogP contribution in [0.4, 0.5) is 0 Å². The Hall–Kier alpha value is -3.00. The first-order valence-corrected chi connectivity index (χ1v) is 12.1. The first-order chi connectivity index (χ1) is 16.8. The van der Waals surface area contributed by atoms with Crippen molar-refractivity contribution in [3.8, 4) is 22.5 Å². The highest BCUT2D eigenvalue weighted by Gasteiger charge is 2.25. The average Bonchev–Trinajstić information content (AvgIpc) is 3.51. The van der Waals surface area contributed by atoms with Gasteiger partial charge in [0.2, 0.25) is 0 Å². The van der Waals surface area contributed by atoms with Crippen LogP contribution in [0.3, 0.4) is 0 Å². The summed E-state index contributed by atoms with van der Waals surface area (Å²) < 4.78 is 12.0. The third-order valence-electron chi connectivity index (χ3n) is 6.97. The molecular weight excluding hydrogens is 428 g/mol. The number of rotatable bonds is 8. The van der Waals surface area contributed by atoms with Gasteiger partial charge in [-0.3, -0.25) is 9.88 Å². The van der Waals surface area contributed by atoms with Crippen LogP contribution in [0.2, 0.25) is 0 Å². The summed E-state index contributed by atoms with van der Waals surface area (Å²) >= 11 is 0. The zero-order valence-corrected chi connectivity index (χ0v) is 19.7. The molecule has 178 valence electrons. The van der Waals surface area contributed by atoms with Crippen LogP contribution in [-0.2, 0) is 17.7 Å². The lowest BCUT2D eigenvalue weighted by Gasteiger charge is -2.33. The van der Waals surface area contributed by atoms with Crippen LogP contribution in [0.5, 0.6) is 0 Å². The second-order valence-electron chi connectivity index (χ2n) is 9.05. The number of fused-ring (bicyclic) bond motifs is 1. The Kier molecular flexibility index (Phi) is 7.04. The molecule has 3 aromatic rings. The van der Waals surface area contributed by atoms with Crippen LogP contribution in [0.15, 0.2) is 58.4 Å². The monoisotopic (exact) mass is 460 g/mol. The molecular formula is C27H32N4O3. The molecule has 2 aromatic heterocycles. The number of aryl methyl sites for hydroxylation is 1. The van der Waals surface area contributed by atoms with Gasteiger partial charge in [-0.15, -0.1) is 0 Å². The third kappa shape index (κ3) is 4.78. The molecule has 34 heavy (non-hydrogen) atoms. The van der Waals surface area contributed by atoms with Crippen molar-refractivity contribution in [2.75, 3.05) is 33.4 Å². The number of furan rings is 1. The fourth-order valence-electron chi connectivity index (χ4n) is 5.17. The Morgan fingerprint density at radius 1 is 1.09 bits per heavy atom. The van der Waals surface area contributed by atoms with E-state index in [1.807, 2.05) is 30.6 Å². The standard InChI is InChI=1S/C27H32N4O3/c1-33-15-14-31(22-8-12-29-13-9-22)18-23-17-25(19-6-10-28-11-7-19)27(34-23)21-2-4-24-20(16-21)3-5-26(24)30-32/h2,4,6-7,10-11,16-17,22,29,32H,3,5,8-9,12-15,18H2,1H3/b30-26+. The molecule has 7 heteroatoms. The summed E-state index contributed by atoms with van der Waals surface area (Å²) in [5, 5.41) is 16.2. The van der Waals surface area contributed by atoms with Gasteiger partial charge in [0.15, 0.2) is 0 Å². The van der Waals surface area contributed by atoms with Crippen molar-refractivity contribution in [1.82, 2.24) is 15.2 Å². The number of methoxy groups -OCH3 is 1. The number of ether oxygens (including phenoxy) is 1. The molecule has 1 aliphatic carbocycles. The van der Waals surface area contributed by atoms with Gasteiger partial charge in [0.1, 0.15) is 11.5 Å². The average molecular weight is 461 g/mol. The first-order valence-electron chi connectivity index (χ1n) is 12.1. The lowest BCUT2D eigenvalue weighted by atomic mass is 9.99. The first kappa shape index (κ1) is 22.8. The van der Waals surface area contributed by atoms with E-state index in [-0.39, 0.29) is 0 Å². The van der Waals surface area contributed by atoms with Gasteiger partial charge in [-0.2, -0.15) is 0 Å². The van der Waals surface area contributed by atoms with Gasteiger partial charge in [-0.05, 0) is 74.2 Å². The molecule has 0 spiro atoms. The number of benzene rings is 1. The van der Waals surface area contributed by atoms with E-state index in [1.165, 1.54) is 5.56 Å². The van der Waals surface area contributed by atoms with Crippen molar-refractivity contribution in [3.63, 3.8) is 0 Å². The Bertz CT molecular complexity index is 1140. The van der Waals surface area contributed by atoms with Crippen LogP contribution >= 0.6 is 0 Å². The van der Waals surface area contributed by atoms with Crippen molar-refractivity contribution in [2.24, 2.45) is 5.16 Å².